The van der Waals surface area contributed by atoms with Crippen molar-refractivity contribution in [2.45, 2.75) is 27.7 Å². The maximum Gasteiger partial charge on any atom is 0.0894 e. The molecule has 0 bridgehead atoms. The lowest BCUT2D eigenvalue weighted by Gasteiger charge is -1.98. The fourth-order valence-corrected chi connectivity index (χ4v) is 1.57. The number of para-hydroxylation sites is 4. The van der Waals surface area contributed by atoms with Crippen molar-refractivity contribution < 1.29 is 0 Å². The van der Waals surface area contributed by atoms with Crippen LogP contribution in [0.4, 0.5) is 0 Å². The van der Waals surface area contributed by atoms with Crippen LogP contribution in [0.15, 0.2) is 48.5 Å². The lowest BCUT2D eigenvalue weighted by atomic mass is 10.2. The molecule has 0 N–H and O–H groups in total. The molecular formula is C16H20N2. The Labute approximate surface area is 109 Å². The monoisotopic (exact) mass is 240 g/mol. The van der Waals surface area contributed by atoms with Crippen LogP contribution in [0, 0.1) is 0 Å². The fraction of sp³-hybridized carbons (Fsp3) is 0.250. The summed E-state index contributed by atoms with van der Waals surface area (Å²) in [6.45, 7) is 8.00. The second-order valence-corrected chi connectivity index (χ2v) is 3.20. The third kappa shape index (κ3) is 3.04. The average molecular weight is 240 g/mol. The standard InChI is InChI=1S/C12H8N2.2C2H6/c1-2-6-10-9(5-1)13-11-7-3-4-8-12(11)14-10;2*1-2/h1-8H;2*1-2H3. The van der Waals surface area contributed by atoms with Crippen LogP contribution in [0.2, 0.25) is 0 Å². The number of hydrogen-bond acceptors (Lipinski definition) is 2. The highest BCUT2D eigenvalue weighted by Gasteiger charge is 1.98. The van der Waals surface area contributed by atoms with Gasteiger partial charge in [0.2, 0.25) is 0 Å². The molecule has 2 heteroatoms. The second kappa shape index (κ2) is 7.38. The number of fused-ring (bicyclic) bond motifs is 2. The minimum absolute atomic E-state index is 0.950. The van der Waals surface area contributed by atoms with Crippen molar-refractivity contribution in [1.82, 2.24) is 9.97 Å². The fourth-order valence-electron chi connectivity index (χ4n) is 1.57. The first-order valence-corrected chi connectivity index (χ1v) is 6.55. The molecule has 0 fully saturated rings. The molecule has 94 valence electrons. The Kier molecular flexibility index (Phi) is 5.78. The zero-order chi connectivity index (χ0) is 13.4. The van der Waals surface area contributed by atoms with Crippen LogP contribution >= 0.6 is 0 Å². The lowest BCUT2D eigenvalue weighted by Crippen LogP contribution is -1.85. The third-order valence-corrected chi connectivity index (χ3v) is 2.25. The largest absolute Gasteiger partial charge is 0.245 e. The normalized spacial score (nSPS) is 9.11. The summed E-state index contributed by atoms with van der Waals surface area (Å²) in [5.74, 6) is 0. The van der Waals surface area contributed by atoms with Crippen LogP contribution in [0.5, 0.6) is 0 Å². The highest BCUT2D eigenvalue weighted by molar-refractivity contribution is 5.85. The van der Waals surface area contributed by atoms with Crippen LogP contribution in [0.3, 0.4) is 0 Å². The molecular weight excluding hydrogens is 220 g/mol. The van der Waals surface area contributed by atoms with Crippen molar-refractivity contribution in [3.05, 3.63) is 48.5 Å². The summed E-state index contributed by atoms with van der Waals surface area (Å²) >= 11 is 0. The van der Waals surface area contributed by atoms with Gasteiger partial charge in [0.05, 0.1) is 22.1 Å². The predicted octanol–water partition coefficient (Wildman–Crippen LogP) is 4.84. The molecule has 0 aliphatic carbocycles. The summed E-state index contributed by atoms with van der Waals surface area (Å²) in [6, 6.07) is 15.8. The predicted molar refractivity (Wildman–Crippen MR) is 79.7 cm³/mol. The lowest BCUT2D eigenvalue weighted by molar-refractivity contribution is 1.39. The minimum Gasteiger partial charge on any atom is -0.245 e. The van der Waals surface area contributed by atoms with Gasteiger partial charge >= 0.3 is 0 Å². The van der Waals surface area contributed by atoms with Crippen molar-refractivity contribution >= 4 is 22.1 Å². The molecule has 0 saturated heterocycles. The van der Waals surface area contributed by atoms with E-state index in [4.69, 9.17) is 0 Å². The first kappa shape index (κ1) is 14.1. The maximum atomic E-state index is 4.52. The molecule has 0 amide bonds. The van der Waals surface area contributed by atoms with Gasteiger partial charge in [-0.1, -0.05) is 52.0 Å². The highest BCUT2D eigenvalue weighted by atomic mass is 14.8. The van der Waals surface area contributed by atoms with Crippen molar-refractivity contribution in [3.63, 3.8) is 0 Å². The van der Waals surface area contributed by atoms with Crippen LogP contribution in [0.25, 0.3) is 22.1 Å². The Bertz CT molecular complexity index is 498. The van der Waals surface area contributed by atoms with E-state index in [1.54, 1.807) is 0 Å². The molecule has 0 radical (unpaired) electrons. The molecule has 2 aromatic carbocycles. The van der Waals surface area contributed by atoms with Gasteiger partial charge in [-0.15, -0.1) is 0 Å². The minimum atomic E-state index is 0.950. The molecule has 3 rings (SSSR count). The van der Waals surface area contributed by atoms with E-state index in [0.717, 1.165) is 22.1 Å². The molecule has 0 unspecified atom stereocenters. The van der Waals surface area contributed by atoms with Gasteiger partial charge in [0, 0.05) is 0 Å². The summed E-state index contributed by atoms with van der Waals surface area (Å²) in [4.78, 5) is 9.03. The third-order valence-electron chi connectivity index (χ3n) is 2.25. The Hall–Kier alpha value is -1.96. The van der Waals surface area contributed by atoms with Gasteiger partial charge in [-0.3, -0.25) is 0 Å². The van der Waals surface area contributed by atoms with E-state index in [0.29, 0.717) is 0 Å². The summed E-state index contributed by atoms with van der Waals surface area (Å²) in [5.41, 5.74) is 3.80. The molecule has 2 nitrogen and oxygen atoms in total. The zero-order valence-electron chi connectivity index (χ0n) is 11.5. The SMILES string of the molecule is CC.CC.c1ccc2nc3ccccc3nc2c1. The zero-order valence-corrected chi connectivity index (χ0v) is 11.5. The Morgan fingerprint density at radius 3 is 0.944 bits per heavy atom. The van der Waals surface area contributed by atoms with Gasteiger partial charge in [0.15, 0.2) is 0 Å². The van der Waals surface area contributed by atoms with E-state index in [2.05, 4.69) is 9.97 Å². The molecule has 1 heterocycles. The smallest absolute Gasteiger partial charge is 0.0894 e. The van der Waals surface area contributed by atoms with E-state index < -0.39 is 0 Å². The molecule has 0 aliphatic rings. The van der Waals surface area contributed by atoms with Crippen molar-refractivity contribution in [3.8, 4) is 0 Å². The maximum absolute atomic E-state index is 4.52. The number of rotatable bonds is 0. The summed E-state index contributed by atoms with van der Waals surface area (Å²) in [5, 5.41) is 0. The number of hydrogen-bond donors (Lipinski definition) is 0. The van der Waals surface area contributed by atoms with Crippen LogP contribution in [-0.2, 0) is 0 Å². The molecule has 0 saturated carbocycles. The quantitative estimate of drug-likeness (QED) is 0.526. The average Bonchev–Trinajstić information content (AvgIpc) is 2.49. The second-order valence-electron chi connectivity index (χ2n) is 3.20. The van der Waals surface area contributed by atoms with Crippen molar-refractivity contribution in [2.75, 3.05) is 0 Å². The van der Waals surface area contributed by atoms with Gasteiger partial charge in [0.1, 0.15) is 0 Å². The van der Waals surface area contributed by atoms with Crippen LogP contribution in [-0.4, -0.2) is 9.97 Å². The number of nitrogens with zero attached hydrogens (tertiary/aromatic N) is 2. The Morgan fingerprint density at radius 2 is 0.722 bits per heavy atom. The van der Waals surface area contributed by atoms with Crippen LogP contribution in [0.1, 0.15) is 27.7 Å². The molecule has 3 aromatic rings. The van der Waals surface area contributed by atoms with Gasteiger partial charge in [-0.05, 0) is 24.3 Å². The van der Waals surface area contributed by atoms with Crippen LogP contribution < -0.4 is 0 Å². The Balaban J connectivity index is 0.000000371. The van der Waals surface area contributed by atoms with E-state index in [9.17, 15) is 0 Å². The van der Waals surface area contributed by atoms with E-state index in [1.807, 2.05) is 76.2 Å². The molecule has 1 aromatic heterocycles. The summed E-state index contributed by atoms with van der Waals surface area (Å²) in [6.07, 6.45) is 0. The summed E-state index contributed by atoms with van der Waals surface area (Å²) in [7, 11) is 0. The number of benzene rings is 2. The van der Waals surface area contributed by atoms with Gasteiger partial charge in [0.25, 0.3) is 0 Å². The van der Waals surface area contributed by atoms with Crippen molar-refractivity contribution in [2.24, 2.45) is 0 Å². The number of aromatic nitrogens is 2. The highest BCUT2D eigenvalue weighted by Crippen LogP contribution is 2.14. The first-order valence-electron chi connectivity index (χ1n) is 6.55. The van der Waals surface area contributed by atoms with Crippen molar-refractivity contribution in [1.29, 1.82) is 0 Å². The van der Waals surface area contributed by atoms with Gasteiger partial charge < -0.3 is 0 Å². The molecule has 18 heavy (non-hydrogen) atoms. The first-order chi connectivity index (χ1) is 8.93. The molecule has 0 atom stereocenters. The van der Waals surface area contributed by atoms with Gasteiger partial charge in [-0.25, -0.2) is 9.97 Å². The van der Waals surface area contributed by atoms with E-state index >= 15 is 0 Å². The van der Waals surface area contributed by atoms with E-state index in [-0.39, 0.29) is 0 Å². The Morgan fingerprint density at radius 1 is 0.500 bits per heavy atom. The topological polar surface area (TPSA) is 25.8 Å². The summed E-state index contributed by atoms with van der Waals surface area (Å²) < 4.78 is 0. The molecule has 0 spiro atoms. The van der Waals surface area contributed by atoms with E-state index in [1.165, 1.54) is 0 Å². The van der Waals surface area contributed by atoms with Gasteiger partial charge in [-0.2, -0.15) is 0 Å². The molecule has 0 aliphatic heterocycles.